The summed E-state index contributed by atoms with van der Waals surface area (Å²) in [5, 5.41) is 24.6. The molecule has 21 heavy (non-hydrogen) atoms. The number of rotatable bonds is 7. The molecule has 0 radical (unpaired) electrons. The van der Waals surface area contributed by atoms with E-state index in [9.17, 15) is 4.79 Å². The first-order valence-corrected chi connectivity index (χ1v) is 6.65. The fourth-order valence-electron chi connectivity index (χ4n) is 0.809. The van der Waals surface area contributed by atoms with Crippen LogP contribution in [0, 0.1) is 0 Å². The van der Waals surface area contributed by atoms with Gasteiger partial charge in [-0.1, -0.05) is 19.9 Å². The first-order valence-electron chi connectivity index (χ1n) is 6.65. The highest BCUT2D eigenvalue weighted by Crippen LogP contribution is 1.99. The normalized spacial score (nSPS) is 9.00. The smallest absolute Gasteiger partial charge is 0.330 e. The molecule has 0 spiro atoms. The molecule has 0 aromatic rings. The summed E-state index contributed by atoms with van der Waals surface area (Å²) in [5.74, 6) is -0.883. The van der Waals surface area contributed by atoms with Gasteiger partial charge < -0.3 is 25.1 Å². The molecule has 0 aliphatic heterocycles. The van der Waals surface area contributed by atoms with Gasteiger partial charge in [0.05, 0.1) is 13.2 Å². The maximum absolute atomic E-state index is 9.99. The van der Waals surface area contributed by atoms with Crippen molar-refractivity contribution in [1.29, 1.82) is 0 Å². The minimum Gasteiger partial charge on any atom is -0.478 e. The van der Waals surface area contributed by atoms with Crippen molar-refractivity contribution in [2.24, 2.45) is 0 Å². The molecule has 0 heterocycles. The second-order valence-electron chi connectivity index (χ2n) is 4.71. The largest absolute Gasteiger partial charge is 0.478 e. The Kier molecular flexibility index (Phi) is 29.8. The van der Waals surface area contributed by atoms with Crippen molar-refractivity contribution in [3.05, 3.63) is 12.2 Å². The molecule has 0 atom stereocenters. The summed E-state index contributed by atoms with van der Waals surface area (Å²) >= 11 is 0. The molecule has 0 saturated heterocycles. The highest BCUT2D eigenvalue weighted by Gasteiger charge is 1.99. The van der Waals surface area contributed by atoms with E-state index in [1.165, 1.54) is 0 Å². The molecule has 6 nitrogen and oxygen atoms in total. The third kappa shape index (κ3) is 38.2. The number of nitrogens with zero attached hydrogens (tertiary/aromatic N) is 2. The van der Waals surface area contributed by atoms with Gasteiger partial charge in [-0.05, 0) is 34.6 Å². The fourth-order valence-corrected chi connectivity index (χ4v) is 0.809. The Labute approximate surface area is 139 Å². The number of likely N-dealkylation sites (N-methyl/N-ethyl adjacent to an activating group) is 2. The maximum atomic E-state index is 9.99. The Morgan fingerprint density at radius 1 is 1.00 bits per heavy atom. The van der Waals surface area contributed by atoms with Crippen LogP contribution in [0.2, 0.25) is 0 Å². The summed E-state index contributed by atoms with van der Waals surface area (Å²) in [6.07, 6.45) is 1.44. The van der Waals surface area contributed by atoms with Crippen molar-refractivity contribution in [1.82, 2.24) is 9.80 Å². The topological polar surface area (TPSA) is 84.2 Å². The van der Waals surface area contributed by atoms with Crippen molar-refractivity contribution < 1.29 is 20.1 Å². The predicted molar refractivity (Wildman–Crippen MR) is 93.3 cm³/mol. The van der Waals surface area contributed by atoms with E-state index in [0.717, 1.165) is 19.5 Å². The first-order chi connectivity index (χ1) is 9.22. The lowest BCUT2D eigenvalue weighted by molar-refractivity contribution is -0.132. The average molecular weight is 373 g/mol. The molecule has 0 aromatic carbocycles. The van der Waals surface area contributed by atoms with Gasteiger partial charge in [0, 0.05) is 18.7 Å². The third-order valence-electron chi connectivity index (χ3n) is 1.95. The monoisotopic (exact) mass is 372 g/mol. The minimum absolute atomic E-state index is 0. The molecule has 0 saturated carbocycles. The van der Waals surface area contributed by atoms with Gasteiger partial charge in [-0.15, -0.1) is 17.0 Å². The highest BCUT2D eigenvalue weighted by atomic mass is 79.9. The van der Waals surface area contributed by atoms with Gasteiger partial charge in [0.25, 0.3) is 0 Å². The fraction of sp³-hybridized carbons (Fsp3) is 0.786. The Bertz CT molecular complexity index is 227. The van der Waals surface area contributed by atoms with Crippen LogP contribution in [0.15, 0.2) is 12.2 Å². The number of aliphatic hydroxyl groups excluding tert-OH is 2. The molecule has 0 bridgehead atoms. The molecule has 0 fully saturated rings. The van der Waals surface area contributed by atoms with E-state index in [2.05, 4.69) is 6.58 Å². The van der Waals surface area contributed by atoms with Crippen LogP contribution in [0.4, 0.5) is 0 Å². The molecule has 7 heteroatoms. The van der Waals surface area contributed by atoms with Crippen molar-refractivity contribution in [3.8, 4) is 0 Å². The lowest BCUT2D eigenvalue weighted by atomic mass is 10.2. The number of hydrogen-bond acceptors (Lipinski definition) is 5. The molecule has 0 unspecified atom stereocenters. The summed E-state index contributed by atoms with van der Waals surface area (Å²) in [6, 6.07) is 0. The number of aliphatic hydroxyl groups is 2. The average Bonchev–Trinajstić information content (AvgIpc) is 2.30. The lowest BCUT2D eigenvalue weighted by Gasteiger charge is -2.03. The summed E-state index contributed by atoms with van der Waals surface area (Å²) in [7, 11) is 7.71. The van der Waals surface area contributed by atoms with Crippen LogP contribution in [0.5, 0.6) is 0 Å². The Balaban J connectivity index is -0.000000102. The van der Waals surface area contributed by atoms with Crippen LogP contribution >= 0.6 is 17.0 Å². The lowest BCUT2D eigenvalue weighted by Crippen LogP contribution is -2.15. The first kappa shape index (κ1) is 28.7. The summed E-state index contributed by atoms with van der Waals surface area (Å²) < 4.78 is 0. The minimum atomic E-state index is -0.883. The Morgan fingerprint density at radius 2 is 1.33 bits per heavy atom. The van der Waals surface area contributed by atoms with Gasteiger partial charge in [0.2, 0.25) is 0 Å². The van der Waals surface area contributed by atoms with Crippen LogP contribution in [-0.4, -0.2) is 85.6 Å². The number of carboxylic acids is 1. The molecule has 3 N–H and O–H groups in total. The van der Waals surface area contributed by atoms with Gasteiger partial charge in [-0.25, -0.2) is 4.79 Å². The van der Waals surface area contributed by atoms with Crippen molar-refractivity contribution in [2.45, 2.75) is 19.8 Å². The number of aliphatic carboxylic acids is 1. The van der Waals surface area contributed by atoms with E-state index in [1.54, 1.807) is 0 Å². The Morgan fingerprint density at radius 3 is 1.38 bits per heavy atom. The zero-order valence-corrected chi connectivity index (χ0v) is 15.7. The van der Waals surface area contributed by atoms with E-state index < -0.39 is 5.97 Å². The van der Waals surface area contributed by atoms with Crippen molar-refractivity contribution in [2.75, 3.05) is 54.5 Å². The molecule has 0 amide bonds. The number of carboxylic acid groups (broad SMARTS) is 1. The van der Waals surface area contributed by atoms with E-state index in [4.69, 9.17) is 15.3 Å². The standard InChI is InChI=1S/C6H10O2.2C4H11NO.BrH/c1-3-4-5(2)6(7)8;2*1-5(2)3-4-6;/h2-4H2,1H3,(H,7,8);2*6H,3-4H2,1-2H3;1H. The second-order valence-corrected chi connectivity index (χ2v) is 4.71. The number of hydrogen-bond donors (Lipinski definition) is 3. The van der Waals surface area contributed by atoms with Crippen LogP contribution in [0.3, 0.4) is 0 Å². The number of halogens is 1. The summed E-state index contributed by atoms with van der Waals surface area (Å²) in [5.41, 5.74) is 0.299. The zero-order valence-electron chi connectivity index (χ0n) is 14.0. The second kappa shape index (κ2) is 21.8. The van der Waals surface area contributed by atoms with Gasteiger partial charge in [-0.3, -0.25) is 0 Å². The molecule has 0 aliphatic rings. The van der Waals surface area contributed by atoms with Gasteiger partial charge in [-0.2, -0.15) is 0 Å². The van der Waals surface area contributed by atoms with Gasteiger partial charge in [0.15, 0.2) is 0 Å². The molecular weight excluding hydrogens is 340 g/mol. The highest BCUT2D eigenvalue weighted by molar-refractivity contribution is 8.93. The van der Waals surface area contributed by atoms with E-state index in [0.29, 0.717) is 12.0 Å². The molecule has 0 aliphatic carbocycles. The quantitative estimate of drug-likeness (QED) is 0.580. The molecule has 130 valence electrons. The summed E-state index contributed by atoms with van der Waals surface area (Å²) in [6.45, 7) is 7.31. The van der Waals surface area contributed by atoms with Crippen LogP contribution in [-0.2, 0) is 4.79 Å². The van der Waals surface area contributed by atoms with Crippen molar-refractivity contribution in [3.63, 3.8) is 0 Å². The zero-order chi connectivity index (χ0) is 16.6. The Hall–Kier alpha value is -0.470. The van der Waals surface area contributed by atoms with E-state index >= 15 is 0 Å². The van der Waals surface area contributed by atoms with Crippen molar-refractivity contribution >= 4 is 23.0 Å². The van der Waals surface area contributed by atoms with Gasteiger partial charge >= 0.3 is 5.97 Å². The predicted octanol–water partition coefficient (Wildman–Crippen LogP) is 1.09. The number of carbonyl (C=O) groups is 1. The van der Waals surface area contributed by atoms with Crippen LogP contribution < -0.4 is 0 Å². The summed E-state index contributed by atoms with van der Waals surface area (Å²) in [4.78, 5) is 13.9. The third-order valence-corrected chi connectivity index (χ3v) is 1.95. The van der Waals surface area contributed by atoms with E-state index in [1.807, 2.05) is 44.9 Å². The maximum Gasteiger partial charge on any atom is 0.330 e. The molecule has 0 rings (SSSR count). The van der Waals surface area contributed by atoms with E-state index in [-0.39, 0.29) is 30.2 Å². The SMILES string of the molecule is Br.C=C(CCC)C(=O)O.CN(C)CCO.CN(C)CCO. The molecule has 0 aromatic heterocycles. The van der Waals surface area contributed by atoms with Gasteiger partial charge in [0.1, 0.15) is 0 Å². The van der Waals surface area contributed by atoms with Crippen LogP contribution in [0.1, 0.15) is 19.8 Å². The molecular formula is C14H33BrN2O4. The van der Waals surface area contributed by atoms with Crippen LogP contribution in [0.25, 0.3) is 0 Å².